The van der Waals surface area contributed by atoms with E-state index in [9.17, 15) is 4.79 Å². The smallest absolute Gasteiger partial charge is 0.340 e. The molecule has 1 heterocycles. The van der Waals surface area contributed by atoms with Crippen LogP contribution in [0.4, 0.5) is 0 Å². The van der Waals surface area contributed by atoms with E-state index in [1.807, 2.05) is 20.8 Å². The highest BCUT2D eigenvalue weighted by molar-refractivity contribution is 5.80. The van der Waals surface area contributed by atoms with E-state index in [1.165, 1.54) is 0 Å². The molecule has 0 bridgehead atoms. The first kappa shape index (κ1) is 11.5. The van der Waals surface area contributed by atoms with Gasteiger partial charge in [0.15, 0.2) is 5.60 Å². The van der Waals surface area contributed by atoms with Crippen molar-refractivity contribution in [3.8, 4) is 0 Å². The maximum atomic E-state index is 11.8. The molecular formula is C10H19NO3. The molecule has 0 saturated carbocycles. The van der Waals surface area contributed by atoms with Crippen molar-refractivity contribution in [2.75, 3.05) is 13.2 Å². The largest absolute Gasteiger partial charge is 0.458 e. The van der Waals surface area contributed by atoms with Gasteiger partial charge in [-0.15, -0.1) is 0 Å². The van der Waals surface area contributed by atoms with E-state index in [1.54, 1.807) is 0 Å². The summed E-state index contributed by atoms with van der Waals surface area (Å²) in [4.78, 5) is 11.8. The fourth-order valence-corrected chi connectivity index (χ4v) is 1.47. The first-order valence-corrected chi connectivity index (χ1v) is 4.97. The van der Waals surface area contributed by atoms with Gasteiger partial charge in [-0.25, -0.2) is 4.79 Å². The Hall–Kier alpha value is -0.610. The highest BCUT2D eigenvalue weighted by Gasteiger charge is 2.44. The van der Waals surface area contributed by atoms with Crippen LogP contribution in [0.1, 0.15) is 33.6 Å². The molecule has 1 aliphatic rings. The van der Waals surface area contributed by atoms with E-state index in [4.69, 9.17) is 15.2 Å². The Bertz CT molecular complexity index is 214. The zero-order valence-electron chi connectivity index (χ0n) is 9.13. The molecule has 1 unspecified atom stereocenters. The fraction of sp³-hybridized carbons (Fsp3) is 0.900. The Morgan fingerprint density at radius 3 is 2.57 bits per heavy atom. The standard InChI is InChI=1S/C10H19NO3/c1-9(2,3)14-8(12)10(7-11)5-4-6-13-10/h4-7,11H2,1-3H3. The average molecular weight is 201 g/mol. The van der Waals surface area contributed by atoms with E-state index in [-0.39, 0.29) is 12.5 Å². The van der Waals surface area contributed by atoms with Gasteiger partial charge in [-0.3, -0.25) is 0 Å². The molecule has 4 nitrogen and oxygen atoms in total. The molecule has 1 rings (SSSR count). The Morgan fingerprint density at radius 1 is 1.57 bits per heavy atom. The molecule has 0 amide bonds. The molecule has 0 aromatic rings. The second-order valence-corrected chi connectivity index (χ2v) is 4.65. The van der Waals surface area contributed by atoms with Crippen LogP contribution in [0.3, 0.4) is 0 Å². The van der Waals surface area contributed by atoms with Crippen molar-refractivity contribution in [2.45, 2.75) is 44.8 Å². The van der Waals surface area contributed by atoms with Crippen LogP contribution in [0, 0.1) is 0 Å². The molecule has 2 N–H and O–H groups in total. The van der Waals surface area contributed by atoms with E-state index in [2.05, 4.69) is 0 Å². The minimum atomic E-state index is -0.882. The lowest BCUT2D eigenvalue weighted by Crippen LogP contribution is -2.48. The molecule has 0 spiro atoms. The Balaban J connectivity index is 2.66. The SMILES string of the molecule is CC(C)(C)OC(=O)C1(CN)CCCO1. The maximum Gasteiger partial charge on any atom is 0.340 e. The Kier molecular flexibility index (Phi) is 3.17. The molecule has 1 aliphatic heterocycles. The highest BCUT2D eigenvalue weighted by atomic mass is 16.6. The summed E-state index contributed by atoms with van der Waals surface area (Å²) in [6.45, 7) is 6.30. The molecule has 1 saturated heterocycles. The summed E-state index contributed by atoms with van der Waals surface area (Å²) < 4.78 is 10.7. The third-order valence-electron chi connectivity index (χ3n) is 2.20. The van der Waals surface area contributed by atoms with Crippen LogP contribution >= 0.6 is 0 Å². The zero-order valence-corrected chi connectivity index (χ0v) is 9.13. The van der Waals surface area contributed by atoms with Crippen molar-refractivity contribution in [3.63, 3.8) is 0 Å². The summed E-state index contributed by atoms with van der Waals surface area (Å²) in [5, 5.41) is 0. The normalized spacial score (nSPS) is 27.7. The van der Waals surface area contributed by atoms with Gasteiger partial charge in [0.2, 0.25) is 0 Å². The minimum Gasteiger partial charge on any atom is -0.458 e. The van der Waals surface area contributed by atoms with Crippen LogP contribution in [0.5, 0.6) is 0 Å². The van der Waals surface area contributed by atoms with Crippen molar-refractivity contribution >= 4 is 5.97 Å². The lowest BCUT2D eigenvalue weighted by molar-refractivity contribution is -0.177. The first-order valence-electron chi connectivity index (χ1n) is 4.97. The summed E-state index contributed by atoms with van der Waals surface area (Å²) in [6, 6.07) is 0. The zero-order chi connectivity index (χ0) is 10.8. The third kappa shape index (κ3) is 2.45. The second-order valence-electron chi connectivity index (χ2n) is 4.65. The second kappa shape index (κ2) is 3.87. The average Bonchev–Trinajstić information content (AvgIpc) is 2.49. The molecule has 0 aromatic carbocycles. The monoisotopic (exact) mass is 201 g/mol. The summed E-state index contributed by atoms with van der Waals surface area (Å²) >= 11 is 0. The van der Waals surface area contributed by atoms with Crippen LogP contribution in [0.15, 0.2) is 0 Å². The van der Waals surface area contributed by atoms with Crippen LogP contribution in [0.2, 0.25) is 0 Å². The maximum absolute atomic E-state index is 11.8. The molecule has 14 heavy (non-hydrogen) atoms. The molecule has 0 radical (unpaired) electrons. The van der Waals surface area contributed by atoms with Crippen molar-refractivity contribution in [3.05, 3.63) is 0 Å². The Labute approximate surface area is 84.7 Å². The van der Waals surface area contributed by atoms with Gasteiger partial charge in [-0.1, -0.05) is 0 Å². The minimum absolute atomic E-state index is 0.196. The van der Waals surface area contributed by atoms with Gasteiger partial charge in [0.25, 0.3) is 0 Å². The molecular weight excluding hydrogens is 182 g/mol. The fourth-order valence-electron chi connectivity index (χ4n) is 1.47. The van der Waals surface area contributed by atoms with Crippen LogP contribution < -0.4 is 5.73 Å². The lowest BCUT2D eigenvalue weighted by Gasteiger charge is -2.29. The van der Waals surface area contributed by atoms with Gasteiger partial charge < -0.3 is 15.2 Å². The van der Waals surface area contributed by atoms with Gasteiger partial charge in [-0.2, -0.15) is 0 Å². The van der Waals surface area contributed by atoms with Gasteiger partial charge in [0.1, 0.15) is 5.60 Å². The number of ether oxygens (including phenoxy) is 2. The number of hydrogen-bond donors (Lipinski definition) is 1. The summed E-state index contributed by atoms with van der Waals surface area (Å²) in [7, 11) is 0. The van der Waals surface area contributed by atoms with Crippen LogP contribution in [-0.2, 0) is 14.3 Å². The first-order chi connectivity index (χ1) is 6.40. The van der Waals surface area contributed by atoms with Gasteiger partial charge in [0, 0.05) is 13.2 Å². The molecule has 0 aliphatic carbocycles. The summed E-state index contributed by atoms with van der Waals surface area (Å²) in [6.07, 6.45) is 1.54. The molecule has 1 atom stereocenters. The Morgan fingerprint density at radius 2 is 2.21 bits per heavy atom. The van der Waals surface area contributed by atoms with Gasteiger partial charge in [-0.05, 0) is 33.6 Å². The van der Waals surface area contributed by atoms with E-state index in [0.717, 1.165) is 6.42 Å². The number of esters is 1. The van der Waals surface area contributed by atoms with E-state index in [0.29, 0.717) is 13.0 Å². The van der Waals surface area contributed by atoms with Crippen LogP contribution in [0.25, 0.3) is 0 Å². The molecule has 0 aromatic heterocycles. The number of nitrogens with two attached hydrogens (primary N) is 1. The molecule has 82 valence electrons. The number of carbonyl (C=O) groups excluding carboxylic acids is 1. The summed E-state index contributed by atoms with van der Waals surface area (Å²) in [5.74, 6) is -0.329. The number of hydrogen-bond acceptors (Lipinski definition) is 4. The molecule has 4 heteroatoms. The van der Waals surface area contributed by atoms with Crippen molar-refractivity contribution in [1.82, 2.24) is 0 Å². The predicted octanol–water partition coefficient (Wildman–Crippen LogP) is 0.836. The topological polar surface area (TPSA) is 61.5 Å². The van der Waals surface area contributed by atoms with Crippen molar-refractivity contribution in [2.24, 2.45) is 5.73 Å². The van der Waals surface area contributed by atoms with E-state index >= 15 is 0 Å². The third-order valence-corrected chi connectivity index (χ3v) is 2.20. The van der Waals surface area contributed by atoms with Crippen molar-refractivity contribution in [1.29, 1.82) is 0 Å². The lowest BCUT2D eigenvalue weighted by atomic mass is 10.0. The van der Waals surface area contributed by atoms with Crippen molar-refractivity contribution < 1.29 is 14.3 Å². The predicted molar refractivity (Wildman–Crippen MR) is 52.8 cm³/mol. The summed E-state index contributed by atoms with van der Waals surface area (Å²) in [5.41, 5.74) is 4.20. The molecule has 1 fully saturated rings. The highest BCUT2D eigenvalue weighted by Crippen LogP contribution is 2.27. The number of carbonyl (C=O) groups is 1. The number of rotatable bonds is 2. The van der Waals surface area contributed by atoms with Crippen LogP contribution in [-0.4, -0.2) is 30.3 Å². The van der Waals surface area contributed by atoms with Gasteiger partial charge in [0.05, 0.1) is 0 Å². The quantitative estimate of drug-likeness (QED) is 0.672. The van der Waals surface area contributed by atoms with E-state index < -0.39 is 11.2 Å². The van der Waals surface area contributed by atoms with Gasteiger partial charge >= 0.3 is 5.97 Å².